The fraction of sp³-hybridized carbons (Fsp3) is 0.250. The molecule has 1 aliphatic rings. The summed E-state index contributed by atoms with van der Waals surface area (Å²) in [6.07, 6.45) is 2.68. The molecule has 2 aromatic carbocycles. The summed E-state index contributed by atoms with van der Waals surface area (Å²) >= 11 is 0. The number of hydrogen-bond acceptors (Lipinski definition) is 5. The minimum absolute atomic E-state index is 0.0196. The van der Waals surface area contributed by atoms with Crippen LogP contribution < -0.4 is 10.0 Å². The first kappa shape index (κ1) is 21.5. The van der Waals surface area contributed by atoms with Gasteiger partial charge in [0.1, 0.15) is 5.82 Å². The Morgan fingerprint density at radius 3 is 2.82 bits per heavy atom. The third-order valence-corrected chi connectivity index (χ3v) is 7.63. The van der Waals surface area contributed by atoms with Crippen LogP contribution in [0.25, 0.3) is 10.9 Å². The fourth-order valence-corrected chi connectivity index (χ4v) is 5.76. The van der Waals surface area contributed by atoms with E-state index >= 15 is 0 Å². The van der Waals surface area contributed by atoms with Crippen molar-refractivity contribution in [1.29, 1.82) is 0 Å². The number of nitrogens with zero attached hydrogens (tertiary/aromatic N) is 3. The number of rotatable bonds is 5. The lowest BCUT2D eigenvalue weighted by Crippen LogP contribution is -2.26. The molecule has 5 rings (SSSR count). The molecule has 1 atom stereocenters. The van der Waals surface area contributed by atoms with Crippen molar-refractivity contribution in [1.82, 2.24) is 20.1 Å². The van der Waals surface area contributed by atoms with E-state index in [4.69, 9.17) is 0 Å². The number of hydrogen-bond donors (Lipinski definition) is 2. The number of pyridine rings is 1. The molecule has 0 saturated heterocycles. The average Bonchev–Trinajstić information content (AvgIpc) is 3.20. The van der Waals surface area contributed by atoms with Gasteiger partial charge in [0, 0.05) is 11.9 Å². The molecule has 0 spiro atoms. The zero-order valence-corrected chi connectivity index (χ0v) is 19.2. The number of sulfonamides is 1. The highest BCUT2D eigenvalue weighted by Gasteiger charge is 2.23. The predicted molar refractivity (Wildman–Crippen MR) is 125 cm³/mol. The molecule has 0 unspecified atom stereocenters. The summed E-state index contributed by atoms with van der Waals surface area (Å²) in [7, 11) is -3.95. The van der Waals surface area contributed by atoms with Crippen LogP contribution in [-0.2, 0) is 23.0 Å². The lowest BCUT2D eigenvalue weighted by Gasteiger charge is -2.24. The quantitative estimate of drug-likeness (QED) is 0.436. The van der Waals surface area contributed by atoms with E-state index in [0.29, 0.717) is 10.9 Å². The Kier molecular flexibility index (Phi) is 5.38. The monoisotopic (exact) mass is 465 g/mol. The third-order valence-electron chi connectivity index (χ3n) is 6.13. The molecule has 33 heavy (non-hydrogen) atoms. The number of halogens is 1. The first-order valence-corrected chi connectivity index (χ1v) is 12.3. The summed E-state index contributed by atoms with van der Waals surface area (Å²) in [5.74, 6) is -0.822. The van der Waals surface area contributed by atoms with Gasteiger partial charge in [0.05, 0.1) is 22.7 Å². The Morgan fingerprint density at radius 1 is 1.18 bits per heavy atom. The molecule has 7 nitrogen and oxygen atoms in total. The predicted octanol–water partition coefficient (Wildman–Crippen LogP) is 3.93. The first-order chi connectivity index (χ1) is 15.8. The van der Waals surface area contributed by atoms with Gasteiger partial charge in [-0.2, -0.15) is 9.49 Å². The Bertz CT molecular complexity index is 1470. The maximum Gasteiger partial charge on any atom is 0.263 e. The van der Waals surface area contributed by atoms with Crippen molar-refractivity contribution in [2.45, 2.75) is 37.8 Å². The molecule has 0 radical (unpaired) electrons. The number of aryl methyl sites for hydroxylation is 1. The second kappa shape index (κ2) is 8.24. The van der Waals surface area contributed by atoms with Crippen LogP contribution in [0.3, 0.4) is 0 Å². The van der Waals surface area contributed by atoms with E-state index in [1.54, 1.807) is 19.2 Å². The van der Waals surface area contributed by atoms with E-state index in [9.17, 15) is 12.8 Å². The second-order valence-electron chi connectivity index (χ2n) is 8.30. The number of aromatic nitrogens is 3. The molecular weight excluding hydrogens is 441 g/mol. The average molecular weight is 466 g/mol. The van der Waals surface area contributed by atoms with Gasteiger partial charge in [-0.05, 0) is 73.3 Å². The molecule has 170 valence electrons. The lowest BCUT2D eigenvalue weighted by molar-refractivity contribution is 0.563. The van der Waals surface area contributed by atoms with Crippen LogP contribution in [0.15, 0.2) is 59.6 Å². The van der Waals surface area contributed by atoms with Crippen LogP contribution in [0, 0.1) is 12.9 Å². The second-order valence-corrected chi connectivity index (χ2v) is 9.96. The van der Waals surface area contributed by atoms with Crippen molar-refractivity contribution < 1.29 is 12.8 Å². The minimum Gasteiger partial charge on any atom is -0.312 e. The molecule has 0 aliphatic carbocycles. The van der Waals surface area contributed by atoms with Gasteiger partial charge in [0.15, 0.2) is 0 Å². The number of anilines is 1. The van der Waals surface area contributed by atoms with Crippen molar-refractivity contribution in [2.24, 2.45) is 0 Å². The molecule has 2 aromatic heterocycles. The molecule has 3 heterocycles. The zero-order valence-electron chi connectivity index (χ0n) is 18.3. The molecule has 4 aromatic rings. The van der Waals surface area contributed by atoms with Gasteiger partial charge in [0.25, 0.3) is 10.0 Å². The van der Waals surface area contributed by atoms with Crippen molar-refractivity contribution in [3.05, 3.63) is 82.9 Å². The normalized spacial score (nSPS) is 14.8. The number of benzene rings is 2. The van der Waals surface area contributed by atoms with E-state index in [-0.39, 0.29) is 16.8 Å². The van der Waals surface area contributed by atoms with E-state index in [1.165, 1.54) is 28.8 Å². The molecule has 0 bridgehead atoms. The van der Waals surface area contributed by atoms with Crippen LogP contribution in [0.5, 0.6) is 0 Å². The standard InChI is InChI=1S/C24H24FN5O2S/c1-15-11-21-18(12-22(15)33(31,32)29-24-8-4-7-23(25)28-24)13-27-30(21)16(2)19-6-3-5-17-9-10-26-14-20(17)19/h3-8,11-13,16,26H,9-10,14H2,1-2H3,(H,28,29)/t16-/m1/s1. The third kappa shape index (κ3) is 3.98. The minimum atomic E-state index is -3.95. The molecule has 1 aliphatic heterocycles. The highest BCUT2D eigenvalue weighted by molar-refractivity contribution is 7.92. The number of nitrogens with one attached hydrogen (secondary N) is 2. The van der Waals surface area contributed by atoms with Gasteiger partial charge in [-0.1, -0.05) is 24.3 Å². The van der Waals surface area contributed by atoms with Gasteiger partial charge >= 0.3 is 0 Å². The van der Waals surface area contributed by atoms with Crippen molar-refractivity contribution >= 4 is 26.7 Å². The Labute approximate surface area is 191 Å². The van der Waals surface area contributed by atoms with E-state index in [1.807, 2.05) is 10.7 Å². The number of fused-ring (bicyclic) bond motifs is 2. The summed E-state index contributed by atoms with van der Waals surface area (Å²) in [4.78, 5) is 3.70. The SMILES string of the molecule is Cc1cc2c(cnn2[C@H](C)c2cccc3c2CNCC3)cc1S(=O)(=O)Nc1cccc(F)n1. The zero-order chi connectivity index (χ0) is 23.2. The summed E-state index contributed by atoms with van der Waals surface area (Å²) in [6.45, 7) is 5.65. The fourth-order valence-electron chi connectivity index (χ4n) is 4.50. The van der Waals surface area contributed by atoms with Crippen LogP contribution in [-0.4, -0.2) is 29.7 Å². The molecule has 9 heteroatoms. The summed E-state index contributed by atoms with van der Waals surface area (Å²) in [5, 5.41) is 8.75. The molecular formula is C24H24FN5O2S. The van der Waals surface area contributed by atoms with E-state index in [0.717, 1.165) is 31.1 Å². The van der Waals surface area contributed by atoms with Crippen LogP contribution in [0.1, 0.15) is 35.2 Å². The van der Waals surface area contributed by atoms with Crippen LogP contribution >= 0.6 is 0 Å². The Hall–Kier alpha value is -3.30. The molecule has 0 amide bonds. The van der Waals surface area contributed by atoms with E-state index in [2.05, 4.69) is 45.2 Å². The molecule has 0 fully saturated rings. The van der Waals surface area contributed by atoms with Gasteiger partial charge in [-0.15, -0.1) is 0 Å². The lowest BCUT2D eigenvalue weighted by atomic mass is 9.92. The van der Waals surface area contributed by atoms with Crippen LogP contribution in [0.4, 0.5) is 10.2 Å². The topological polar surface area (TPSA) is 88.9 Å². The first-order valence-electron chi connectivity index (χ1n) is 10.8. The summed E-state index contributed by atoms with van der Waals surface area (Å²) < 4.78 is 43.7. The van der Waals surface area contributed by atoms with Crippen molar-refractivity contribution in [3.8, 4) is 0 Å². The van der Waals surface area contributed by atoms with Gasteiger partial charge in [0.2, 0.25) is 5.95 Å². The highest BCUT2D eigenvalue weighted by atomic mass is 32.2. The van der Waals surface area contributed by atoms with Gasteiger partial charge in [-0.3, -0.25) is 9.40 Å². The highest BCUT2D eigenvalue weighted by Crippen LogP contribution is 2.31. The maximum absolute atomic E-state index is 13.4. The molecule has 0 saturated carbocycles. The van der Waals surface area contributed by atoms with Crippen molar-refractivity contribution in [3.63, 3.8) is 0 Å². The van der Waals surface area contributed by atoms with Gasteiger partial charge < -0.3 is 5.32 Å². The van der Waals surface area contributed by atoms with E-state index < -0.39 is 16.0 Å². The van der Waals surface area contributed by atoms with Gasteiger partial charge in [-0.25, -0.2) is 13.4 Å². The smallest absolute Gasteiger partial charge is 0.263 e. The largest absolute Gasteiger partial charge is 0.312 e. The van der Waals surface area contributed by atoms with Crippen LogP contribution in [0.2, 0.25) is 0 Å². The maximum atomic E-state index is 13.4. The van der Waals surface area contributed by atoms with Crippen molar-refractivity contribution in [2.75, 3.05) is 11.3 Å². The Balaban J connectivity index is 1.53. The molecule has 2 N–H and O–H groups in total. The summed E-state index contributed by atoms with van der Waals surface area (Å²) in [5.41, 5.74) is 5.29. The Morgan fingerprint density at radius 2 is 2.00 bits per heavy atom. The summed E-state index contributed by atoms with van der Waals surface area (Å²) in [6, 6.07) is 13.8.